The number of pyridine rings is 1. The molecule has 10 nitrogen and oxygen atoms in total. The summed E-state index contributed by atoms with van der Waals surface area (Å²) >= 11 is 0. The van der Waals surface area contributed by atoms with Gasteiger partial charge < -0.3 is 18.3 Å². The molecule has 36 heavy (non-hydrogen) atoms. The summed E-state index contributed by atoms with van der Waals surface area (Å²) in [5.74, 6) is -0.273. The van der Waals surface area contributed by atoms with Gasteiger partial charge in [0.15, 0.2) is 0 Å². The van der Waals surface area contributed by atoms with Gasteiger partial charge in [-0.3, -0.25) is 19.7 Å². The number of carbonyl (C=O) groups excluding carboxylic acids is 1. The topological polar surface area (TPSA) is 129 Å². The molecule has 2 aliphatic rings. The monoisotopic (exact) mass is 489 g/mol. The van der Waals surface area contributed by atoms with Gasteiger partial charge in [-0.25, -0.2) is 4.79 Å². The molecule has 2 aliphatic heterocycles. The number of hydrogen-bond acceptors (Lipinski definition) is 7. The molecule has 1 amide bonds. The molecular formula is C26H23N3O7. The minimum atomic E-state index is -0.661. The van der Waals surface area contributed by atoms with Gasteiger partial charge in [0.2, 0.25) is 5.91 Å². The predicted molar refractivity (Wildman–Crippen MR) is 130 cm³/mol. The maximum absolute atomic E-state index is 13.4. The third kappa shape index (κ3) is 3.35. The van der Waals surface area contributed by atoms with Gasteiger partial charge in [0.25, 0.3) is 0 Å². The van der Waals surface area contributed by atoms with Crippen molar-refractivity contribution < 1.29 is 18.6 Å². The van der Waals surface area contributed by atoms with Crippen LogP contribution in [0.3, 0.4) is 0 Å². The van der Waals surface area contributed by atoms with E-state index in [9.17, 15) is 24.5 Å². The van der Waals surface area contributed by atoms with E-state index < -0.39 is 21.8 Å². The van der Waals surface area contributed by atoms with Gasteiger partial charge in [-0.2, -0.15) is 0 Å². The zero-order valence-electron chi connectivity index (χ0n) is 19.8. The summed E-state index contributed by atoms with van der Waals surface area (Å²) in [5, 5.41) is 12.9. The maximum atomic E-state index is 13.4. The Kier molecular flexibility index (Phi) is 4.89. The first-order chi connectivity index (χ1) is 17.2. The number of fused-ring (bicyclic) bond motifs is 6. The van der Waals surface area contributed by atoms with E-state index in [1.165, 1.54) is 10.6 Å². The molecule has 1 saturated heterocycles. The Morgan fingerprint density at radius 2 is 1.92 bits per heavy atom. The second-order valence-electron chi connectivity index (χ2n) is 9.85. The van der Waals surface area contributed by atoms with Crippen molar-refractivity contribution in [3.05, 3.63) is 83.8 Å². The molecule has 4 aromatic rings. The van der Waals surface area contributed by atoms with Crippen molar-refractivity contribution in [2.75, 3.05) is 13.1 Å². The summed E-state index contributed by atoms with van der Waals surface area (Å²) in [4.78, 5) is 51.0. The third-order valence-electron chi connectivity index (χ3n) is 7.64. The first-order valence-electron chi connectivity index (χ1n) is 11.8. The van der Waals surface area contributed by atoms with E-state index in [1.54, 1.807) is 23.3 Å². The molecule has 3 aromatic heterocycles. The summed E-state index contributed by atoms with van der Waals surface area (Å²) < 4.78 is 12.6. The number of nitro groups is 1. The minimum absolute atomic E-state index is 0.00589. The van der Waals surface area contributed by atoms with Gasteiger partial charge in [0.1, 0.15) is 11.2 Å². The molecule has 0 aliphatic carbocycles. The number of benzene rings is 1. The van der Waals surface area contributed by atoms with Gasteiger partial charge in [-0.1, -0.05) is 0 Å². The van der Waals surface area contributed by atoms with Crippen LogP contribution in [-0.4, -0.2) is 33.4 Å². The van der Waals surface area contributed by atoms with Crippen LogP contribution >= 0.6 is 0 Å². The Morgan fingerprint density at radius 1 is 1.11 bits per heavy atom. The zero-order chi connectivity index (χ0) is 25.3. The molecule has 2 bridgehead atoms. The van der Waals surface area contributed by atoms with E-state index in [-0.39, 0.29) is 24.2 Å². The fourth-order valence-corrected chi connectivity index (χ4v) is 5.78. The van der Waals surface area contributed by atoms with E-state index in [2.05, 4.69) is 0 Å². The van der Waals surface area contributed by atoms with Crippen molar-refractivity contribution in [1.29, 1.82) is 0 Å². The van der Waals surface area contributed by atoms with Gasteiger partial charge in [0.05, 0.1) is 23.2 Å². The molecule has 5 heterocycles. The molecule has 0 saturated carbocycles. The molecule has 184 valence electrons. The molecule has 2 unspecified atom stereocenters. The predicted octanol–water partition coefficient (Wildman–Crippen LogP) is 3.41. The van der Waals surface area contributed by atoms with E-state index >= 15 is 0 Å². The quantitative estimate of drug-likeness (QED) is 0.245. The first-order valence-corrected chi connectivity index (χ1v) is 11.8. The number of rotatable bonds is 3. The lowest BCUT2D eigenvalue weighted by atomic mass is 9.83. The number of furan rings is 1. The highest BCUT2D eigenvalue weighted by atomic mass is 16.6. The number of hydrogen-bond donors (Lipinski definition) is 0. The van der Waals surface area contributed by atoms with E-state index in [1.807, 2.05) is 19.9 Å². The van der Waals surface area contributed by atoms with Gasteiger partial charge in [0, 0.05) is 54.2 Å². The minimum Gasteiger partial charge on any atom is -0.464 e. The SMILES string of the molecule is Cc1coc2cc3oc(=O)c(CC(=O)N4CC5CC(C4)c4ccc([N+](=O)[O-])c(=O)n4C5)c(C)c3cc12. The Balaban J connectivity index is 1.30. The fourth-order valence-electron chi connectivity index (χ4n) is 5.78. The molecule has 2 atom stereocenters. The fraction of sp³-hybridized carbons (Fsp3) is 0.346. The number of piperidine rings is 1. The number of aryl methyl sites for hydroxylation is 2. The highest BCUT2D eigenvalue weighted by molar-refractivity contribution is 5.96. The molecule has 1 aromatic carbocycles. The number of nitrogens with zero attached hydrogens (tertiary/aromatic N) is 3. The molecule has 0 spiro atoms. The van der Waals surface area contributed by atoms with Crippen LogP contribution in [0.1, 0.15) is 34.7 Å². The van der Waals surface area contributed by atoms with Crippen LogP contribution in [0.25, 0.3) is 21.9 Å². The summed E-state index contributed by atoms with van der Waals surface area (Å²) in [5.41, 5.74) is 2.19. The van der Waals surface area contributed by atoms with E-state index in [0.29, 0.717) is 47.6 Å². The van der Waals surface area contributed by atoms with Crippen molar-refractivity contribution in [3.8, 4) is 0 Å². The molecule has 6 rings (SSSR count). The van der Waals surface area contributed by atoms with Crippen LogP contribution in [0, 0.1) is 29.9 Å². The number of aromatic nitrogens is 1. The van der Waals surface area contributed by atoms with Crippen LogP contribution in [0.2, 0.25) is 0 Å². The smallest absolute Gasteiger partial charge is 0.340 e. The second-order valence-corrected chi connectivity index (χ2v) is 9.85. The van der Waals surface area contributed by atoms with E-state index in [0.717, 1.165) is 22.8 Å². The van der Waals surface area contributed by atoms with Crippen molar-refractivity contribution in [2.45, 2.75) is 39.2 Å². The first kappa shape index (κ1) is 22.3. The Bertz CT molecular complexity index is 1710. The molecule has 1 fully saturated rings. The summed E-state index contributed by atoms with van der Waals surface area (Å²) in [6.45, 7) is 4.90. The summed E-state index contributed by atoms with van der Waals surface area (Å²) in [7, 11) is 0. The highest BCUT2D eigenvalue weighted by Crippen LogP contribution is 2.36. The third-order valence-corrected chi connectivity index (χ3v) is 7.64. The van der Waals surface area contributed by atoms with Gasteiger partial charge >= 0.3 is 16.9 Å². The Labute approximate surface area is 203 Å². The number of carbonyl (C=O) groups is 1. The van der Waals surface area contributed by atoms with Crippen molar-refractivity contribution >= 4 is 33.5 Å². The zero-order valence-corrected chi connectivity index (χ0v) is 19.8. The van der Waals surface area contributed by atoms with Gasteiger partial charge in [-0.05, 0) is 49.4 Å². The lowest BCUT2D eigenvalue weighted by molar-refractivity contribution is -0.386. The lowest BCUT2D eigenvalue weighted by Crippen LogP contribution is -2.49. The molecule has 0 N–H and O–H groups in total. The van der Waals surface area contributed by atoms with Crippen molar-refractivity contribution in [3.63, 3.8) is 0 Å². The Hall–Kier alpha value is -4.21. The largest absolute Gasteiger partial charge is 0.464 e. The van der Waals surface area contributed by atoms with Crippen LogP contribution in [0.15, 0.2) is 49.0 Å². The summed E-state index contributed by atoms with van der Waals surface area (Å²) in [6.07, 6.45) is 2.37. The number of amides is 1. The normalized spacial score (nSPS) is 19.0. The maximum Gasteiger partial charge on any atom is 0.340 e. The summed E-state index contributed by atoms with van der Waals surface area (Å²) in [6, 6.07) is 6.49. The Morgan fingerprint density at radius 3 is 2.69 bits per heavy atom. The van der Waals surface area contributed by atoms with Crippen molar-refractivity contribution in [1.82, 2.24) is 9.47 Å². The average Bonchev–Trinajstić information content (AvgIpc) is 3.20. The van der Waals surface area contributed by atoms with Crippen LogP contribution in [0.5, 0.6) is 0 Å². The van der Waals surface area contributed by atoms with E-state index in [4.69, 9.17) is 8.83 Å². The average molecular weight is 489 g/mol. The van der Waals surface area contributed by atoms with Crippen LogP contribution in [-0.2, 0) is 17.8 Å². The second kappa shape index (κ2) is 7.91. The van der Waals surface area contributed by atoms with Crippen molar-refractivity contribution in [2.24, 2.45) is 5.92 Å². The standard InChI is InChI=1S/C26H23N3O7/c1-13-12-35-22-8-23-18(6-17(13)22)14(2)19(26(32)36-23)7-24(30)27-9-15-5-16(11-27)20-3-4-21(29(33)34)25(31)28(20)10-15/h3-4,6,8,12,15-16H,5,7,9-11H2,1-2H3. The van der Waals surface area contributed by atoms with Crippen LogP contribution in [0.4, 0.5) is 5.69 Å². The molecule has 0 radical (unpaired) electrons. The molecular weight excluding hydrogens is 466 g/mol. The van der Waals surface area contributed by atoms with Gasteiger partial charge in [-0.15, -0.1) is 0 Å². The number of likely N-dealkylation sites (tertiary alicyclic amines) is 1. The molecule has 10 heteroatoms. The van der Waals surface area contributed by atoms with Crippen LogP contribution < -0.4 is 11.2 Å². The highest BCUT2D eigenvalue weighted by Gasteiger charge is 2.37. The lowest BCUT2D eigenvalue weighted by Gasteiger charge is -2.42.